The van der Waals surface area contributed by atoms with E-state index < -0.39 is 54.7 Å². The summed E-state index contributed by atoms with van der Waals surface area (Å²) in [7, 11) is 0. The summed E-state index contributed by atoms with van der Waals surface area (Å²) in [6, 6.07) is 5.77. The van der Waals surface area contributed by atoms with Crippen LogP contribution in [0.4, 0.5) is 26.3 Å². The number of fused-ring (bicyclic) bond motifs is 1. The fourth-order valence-corrected chi connectivity index (χ4v) is 4.09. The third-order valence-electron chi connectivity index (χ3n) is 6.00. The molecule has 1 saturated heterocycles. The van der Waals surface area contributed by atoms with Gasteiger partial charge < -0.3 is 14.4 Å². The van der Waals surface area contributed by atoms with Crippen LogP contribution in [0.1, 0.15) is 50.3 Å². The van der Waals surface area contributed by atoms with Crippen LogP contribution in [0.3, 0.4) is 0 Å². The Labute approximate surface area is 228 Å². The number of halogens is 7. The molecule has 2 heterocycles. The Morgan fingerprint density at radius 3 is 2.10 bits per heavy atom. The van der Waals surface area contributed by atoms with Gasteiger partial charge in [-0.05, 0) is 54.8 Å². The van der Waals surface area contributed by atoms with Gasteiger partial charge in [-0.2, -0.15) is 31.4 Å². The number of hydrogen-bond donors (Lipinski definition) is 0. The lowest BCUT2D eigenvalue weighted by molar-refractivity contribution is -0.190. The van der Waals surface area contributed by atoms with E-state index in [2.05, 4.69) is 26.2 Å². The van der Waals surface area contributed by atoms with Crippen LogP contribution in [0.15, 0.2) is 24.4 Å². The van der Waals surface area contributed by atoms with E-state index in [0.29, 0.717) is 19.0 Å². The molecular formula is C24H24ClF6N3O6. The Balaban J connectivity index is 0.000000342. The van der Waals surface area contributed by atoms with E-state index in [9.17, 15) is 45.5 Å². The Morgan fingerprint density at radius 2 is 1.55 bits per heavy atom. The van der Waals surface area contributed by atoms with Gasteiger partial charge in [0, 0.05) is 18.1 Å². The summed E-state index contributed by atoms with van der Waals surface area (Å²) in [5.74, 6) is -4.07. The lowest BCUT2D eigenvalue weighted by Gasteiger charge is -2.38. The zero-order chi connectivity index (χ0) is 29.8. The molecule has 0 spiro atoms. The number of esters is 2. The standard InChI is InChI=1S/C20H22F3N3O3.C4H2ClF3O3/c1-12-2-7-17(25(9-12)18(27)19(28)29-11-20(21,22)23)13-3-4-14-10-26(15-5-6-15)24-16(14)8-13;5-2(9)3(10)11-1-4(6,7)8/h3-4,8,10,12,15,17H,2,5-7,9,11H2,1H3;1H2/t12-,17+;/m0./s1. The molecule has 2 fully saturated rings. The van der Waals surface area contributed by atoms with E-state index >= 15 is 0 Å². The molecule has 1 aliphatic carbocycles. The number of benzene rings is 1. The summed E-state index contributed by atoms with van der Waals surface area (Å²) in [6.45, 7) is -1.34. The molecule has 220 valence electrons. The summed E-state index contributed by atoms with van der Waals surface area (Å²) < 4.78 is 80.3. The van der Waals surface area contributed by atoms with Gasteiger partial charge in [-0.15, -0.1) is 0 Å². The number of amides is 1. The lowest BCUT2D eigenvalue weighted by Crippen LogP contribution is -2.45. The van der Waals surface area contributed by atoms with E-state index in [1.807, 2.05) is 36.0 Å². The van der Waals surface area contributed by atoms with E-state index in [4.69, 9.17) is 0 Å². The van der Waals surface area contributed by atoms with Gasteiger partial charge in [-0.3, -0.25) is 14.3 Å². The van der Waals surface area contributed by atoms with Crippen molar-refractivity contribution in [1.82, 2.24) is 14.7 Å². The summed E-state index contributed by atoms with van der Waals surface area (Å²) >= 11 is 4.48. The number of carbonyl (C=O) groups excluding carboxylic acids is 4. The van der Waals surface area contributed by atoms with Gasteiger partial charge in [0.05, 0.1) is 17.6 Å². The molecule has 0 bridgehead atoms. The first kappa shape index (κ1) is 31.2. The van der Waals surface area contributed by atoms with Crippen molar-refractivity contribution in [3.8, 4) is 0 Å². The number of piperidine rings is 1. The number of rotatable bonds is 5. The number of aromatic nitrogens is 2. The van der Waals surface area contributed by atoms with Crippen LogP contribution in [0.25, 0.3) is 10.9 Å². The molecule has 16 heteroatoms. The van der Waals surface area contributed by atoms with E-state index in [-0.39, 0.29) is 5.92 Å². The molecule has 2 aliphatic rings. The molecular weight excluding hydrogens is 576 g/mol. The predicted octanol–water partition coefficient (Wildman–Crippen LogP) is 4.63. The molecule has 1 amide bonds. The van der Waals surface area contributed by atoms with Gasteiger partial charge in [0.1, 0.15) is 0 Å². The summed E-state index contributed by atoms with van der Waals surface area (Å²) in [4.78, 5) is 45.6. The average molecular weight is 600 g/mol. The highest BCUT2D eigenvalue weighted by atomic mass is 35.5. The van der Waals surface area contributed by atoms with Crippen LogP contribution in [0.2, 0.25) is 0 Å². The van der Waals surface area contributed by atoms with Crippen molar-refractivity contribution in [3.63, 3.8) is 0 Å². The topological polar surface area (TPSA) is 108 Å². The van der Waals surface area contributed by atoms with Crippen molar-refractivity contribution in [1.29, 1.82) is 0 Å². The maximum absolute atomic E-state index is 12.6. The van der Waals surface area contributed by atoms with Crippen molar-refractivity contribution in [3.05, 3.63) is 30.0 Å². The van der Waals surface area contributed by atoms with Crippen LogP contribution < -0.4 is 0 Å². The lowest BCUT2D eigenvalue weighted by atomic mass is 9.89. The third kappa shape index (κ3) is 9.10. The van der Waals surface area contributed by atoms with Gasteiger partial charge in [-0.1, -0.05) is 19.1 Å². The van der Waals surface area contributed by atoms with Gasteiger partial charge >= 0.3 is 35.4 Å². The van der Waals surface area contributed by atoms with Crippen LogP contribution in [0, 0.1) is 5.92 Å². The largest absolute Gasteiger partial charge is 0.449 e. The Bertz CT molecular complexity index is 1260. The maximum Gasteiger partial charge on any atom is 0.422 e. The predicted molar refractivity (Wildman–Crippen MR) is 126 cm³/mol. The van der Waals surface area contributed by atoms with Crippen molar-refractivity contribution < 1.29 is 55.0 Å². The van der Waals surface area contributed by atoms with Crippen molar-refractivity contribution in [2.45, 2.75) is 57.0 Å². The first-order chi connectivity index (χ1) is 18.5. The SMILES string of the molecule is C[C@H]1CC[C@H](c2ccc3cn(C4CC4)nc3c2)N(C(=O)C(=O)OCC(F)(F)F)C1.O=C(Cl)C(=O)OCC(F)(F)F. The second-order valence-electron chi connectivity index (χ2n) is 9.47. The fraction of sp³-hybridized carbons (Fsp3) is 0.542. The fourth-order valence-electron chi connectivity index (χ4n) is 4.04. The van der Waals surface area contributed by atoms with E-state index in [1.165, 1.54) is 4.90 Å². The van der Waals surface area contributed by atoms with Gasteiger partial charge in [0.15, 0.2) is 13.2 Å². The van der Waals surface area contributed by atoms with Crippen molar-refractivity contribution >= 4 is 45.6 Å². The Morgan fingerprint density at radius 1 is 0.950 bits per heavy atom. The average Bonchev–Trinajstić information content (AvgIpc) is 3.63. The number of carbonyl (C=O) groups is 4. The molecule has 9 nitrogen and oxygen atoms in total. The second-order valence-corrected chi connectivity index (χ2v) is 9.81. The molecule has 1 aromatic heterocycles. The molecule has 1 saturated carbocycles. The minimum absolute atomic E-state index is 0.142. The molecule has 0 radical (unpaired) electrons. The third-order valence-corrected chi connectivity index (χ3v) is 6.16. The van der Waals surface area contributed by atoms with Gasteiger partial charge in [-0.25, -0.2) is 9.59 Å². The molecule has 40 heavy (non-hydrogen) atoms. The summed E-state index contributed by atoms with van der Waals surface area (Å²) in [5, 5.41) is 4.02. The smallest absolute Gasteiger partial charge is 0.422 e. The molecule has 1 aromatic carbocycles. The first-order valence-corrected chi connectivity index (χ1v) is 12.4. The molecule has 1 aliphatic heterocycles. The van der Waals surface area contributed by atoms with Crippen LogP contribution in [-0.4, -0.2) is 69.9 Å². The van der Waals surface area contributed by atoms with Gasteiger partial charge in [0.25, 0.3) is 0 Å². The Hall–Kier alpha value is -3.36. The quantitative estimate of drug-likeness (QED) is 0.213. The normalized spacial score (nSPS) is 19.4. The second kappa shape index (κ2) is 12.4. The van der Waals surface area contributed by atoms with Crippen molar-refractivity contribution in [2.24, 2.45) is 5.92 Å². The minimum atomic E-state index is -4.67. The highest BCUT2D eigenvalue weighted by Crippen LogP contribution is 2.37. The highest BCUT2D eigenvalue weighted by Gasteiger charge is 2.37. The van der Waals surface area contributed by atoms with Crippen molar-refractivity contribution in [2.75, 3.05) is 19.8 Å². The van der Waals surface area contributed by atoms with Crippen LogP contribution in [-0.2, 0) is 28.7 Å². The minimum Gasteiger partial charge on any atom is -0.449 e. The number of alkyl halides is 6. The number of hydrogen-bond acceptors (Lipinski definition) is 7. The summed E-state index contributed by atoms with van der Waals surface area (Å²) in [6.07, 6.45) is -3.61. The monoisotopic (exact) mass is 599 g/mol. The van der Waals surface area contributed by atoms with Crippen LogP contribution >= 0.6 is 11.6 Å². The summed E-state index contributed by atoms with van der Waals surface area (Å²) in [5.41, 5.74) is 1.63. The van der Waals surface area contributed by atoms with E-state index in [1.54, 1.807) is 0 Å². The molecule has 4 rings (SSSR count). The number of ether oxygens (including phenoxy) is 2. The highest BCUT2D eigenvalue weighted by molar-refractivity contribution is 6.80. The zero-order valence-corrected chi connectivity index (χ0v) is 21.7. The maximum atomic E-state index is 12.6. The molecule has 2 aromatic rings. The van der Waals surface area contributed by atoms with Gasteiger partial charge in [0.2, 0.25) is 0 Å². The number of nitrogens with zero attached hydrogens (tertiary/aromatic N) is 3. The van der Waals surface area contributed by atoms with E-state index in [0.717, 1.165) is 35.7 Å². The zero-order valence-electron chi connectivity index (χ0n) is 20.9. The Kier molecular flexibility index (Phi) is 9.69. The first-order valence-electron chi connectivity index (χ1n) is 12.0. The van der Waals surface area contributed by atoms with Crippen LogP contribution in [0.5, 0.6) is 0 Å². The molecule has 0 N–H and O–H groups in total. The molecule has 0 unspecified atom stereocenters. The molecule has 2 atom stereocenters. The number of likely N-dealkylation sites (tertiary alicyclic amines) is 1.